The Morgan fingerprint density at radius 2 is 1.71 bits per heavy atom. The number of ether oxygens (including phenoxy) is 2. The van der Waals surface area contributed by atoms with Crippen LogP contribution in [-0.4, -0.2) is 19.3 Å². The van der Waals surface area contributed by atoms with E-state index in [1.165, 1.54) is 0 Å². The van der Waals surface area contributed by atoms with Gasteiger partial charge in [0.2, 0.25) is 0 Å². The summed E-state index contributed by atoms with van der Waals surface area (Å²) in [5, 5.41) is 9.56. The van der Waals surface area contributed by atoms with E-state index in [2.05, 4.69) is 13.8 Å². The van der Waals surface area contributed by atoms with Crippen molar-refractivity contribution in [3.05, 3.63) is 17.7 Å². The predicted octanol–water partition coefficient (Wildman–Crippen LogP) is 2.46. The largest absolute Gasteiger partial charge is 0.508 e. The lowest BCUT2D eigenvalue weighted by Gasteiger charge is -2.23. The molecule has 0 aliphatic rings. The van der Waals surface area contributed by atoms with Crippen molar-refractivity contribution < 1.29 is 14.6 Å². The van der Waals surface area contributed by atoms with Crippen LogP contribution in [0.25, 0.3) is 0 Å². The molecule has 0 bridgehead atoms. The van der Waals surface area contributed by atoms with Gasteiger partial charge in [0.25, 0.3) is 0 Å². The average Bonchev–Trinajstić information content (AvgIpc) is 2.35. The van der Waals surface area contributed by atoms with Gasteiger partial charge in [-0.15, -0.1) is 0 Å². The number of nitrogens with two attached hydrogens (primary N) is 1. The molecule has 4 nitrogen and oxygen atoms in total. The van der Waals surface area contributed by atoms with Crippen molar-refractivity contribution in [3.8, 4) is 17.2 Å². The summed E-state index contributed by atoms with van der Waals surface area (Å²) in [5.74, 6) is 1.55. The maximum atomic E-state index is 9.56. The minimum absolute atomic E-state index is 0.110. The molecule has 1 aromatic rings. The first-order valence-electron chi connectivity index (χ1n) is 5.75. The van der Waals surface area contributed by atoms with Gasteiger partial charge in [-0.25, -0.2) is 0 Å². The molecule has 0 radical (unpaired) electrons. The molecule has 96 valence electrons. The smallest absolute Gasteiger partial charge is 0.131 e. The second-order valence-corrected chi connectivity index (χ2v) is 4.18. The van der Waals surface area contributed by atoms with E-state index >= 15 is 0 Å². The van der Waals surface area contributed by atoms with Crippen molar-refractivity contribution in [1.82, 2.24) is 0 Å². The first kappa shape index (κ1) is 13.6. The molecule has 1 aromatic carbocycles. The summed E-state index contributed by atoms with van der Waals surface area (Å²) in [5.41, 5.74) is 7.02. The van der Waals surface area contributed by atoms with E-state index < -0.39 is 0 Å². The summed E-state index contributed by atoms with van der Waals surface area (Å²) in [4.78, 5) is 0. The maximum Gasteiger partial charge on any atom is 0.131 e. The van der Waals surface area contributed by atoms with Gasteiger partial charge in [0.05, 0.1) is 19.8 Å². The van der Waals surface area contributed by atoms with Crippen molar-refractivity contribution in [1.29, 1.82) is 0 Å². The van der Waals surface area contributed by atoms with Gasteiger partial charge in [0, 0.05) is 18.2 Å². The van der Waals surface area contributed by atoms with Gasteiger partial charge in [-0.2, -0.15) is 0 Å². The zero-order valence-corrected chi connectivity index (χ0v) is 10.9. The molecular formula is C13H21NO3. The number of phenols is 1. The Kier molecular flexibility index (Phi) is 4.63. The fraction of sp³-hybridized carbons (Fsp3) is 0.538. The summed E-state index contributed by atoms with van der Waals surface area (Å²) < 4.78 is 10.5. The Morgan fingerprint density at radius 1 is 1.24 bits per heavy atom. The van der Waals surface area contributed by atoms with E-state index in [0.29, 0.717) is 17.4 Å². The Bertz CT molecular complexity index is 354. The number of hydrogen-bond donors (Lipinski definition) is 2. The molecule has 1 unspecified atom stereocenters. The monoisotopic (exact) mass is 239 g/mol. The number of benzene rings is 1. The molecule has 0 amide bonds. The topological polar surface area (TPSA) is 64.7 Å². The Morgan fingerprint density at radius 3 is 2.06 bits per heavy atom. The van der Waals surface area contributed by atoms with Crippen molar-refractivity contribution in [3.63, 3.8) is 0 Å². The SMILES string of the molecule is CCC(C)[C@@H](N)c1c(OC)cc(O)cc1OC. The lowest BCUT2D eigenvalue weighted by Crippen LogP contribution is -2.20. The first-order chi connectivity index (χ1) is 8.04. The molecule has 4 heteroatoms. The van der Waals surface area contributed by atoms with Gasteiger partial charge in [0.15, 0.2) is 0 Å². The third kappa shape index (κ3) is 2.82. The van der Waals surface area contributed by atoms with Gasteiger partial charge in [-0.1, -0.05) is 20.3 Å². The highest BCUT2D eigenvalue weighted by Crippen LogP contribution is 2.39. The quantitative estimate of drug-likeness (QED) is 0.828. The van der Waals surface area contributed by atoms with Crippen LogP contribution in [0, 0.1) is 5.92 Å². The molecule has 0 saturated heterocycles. The van der Waals surface area contributed by atoms with E-state index in [9.17, 15) is 5.11 Å². The van der Waals surface area contributed by atoms with Crippen molar-refractivity contribution in [2.24, 2.45) is 11.7 Å². The second kappa shape index (κ2) is 5.77. The van der Waals surface area contributed by atoms with Crippen LogP contribution in [0.4, 0.5) is 0 Å². The highest BCUT2D eigenvalue weighted by molar-refractivity contribution is 5.52. The zero-order chi connectivity index (χ0) is 13.0. The van der Waals surface area contributed by atoms with E-state index in [4.69, 9.17) is 15.2 Å². The van der Waals surface area contributed by atoms with E-state index in [0.717, 1.165) is 12.0 Å². The summed E-state index contributed by atoms with van der Waals surface area (Å²) in [6, 6.07) is 2.94. The van der Waals surface area contributed by atoms with Crippen LogP contribution < -0.4 is 15.2 Å². The number of methoxy groups -OCH3 is 2. The van der Waals surface area contributed by atoms with Crippen molar-refractivity contribution in [2.75, 3.05) is 14.2 Å². The first-order valence-corrected chi connectivity index (χ1v) is 5.75. The average molecular weight is 239 g/mol. The zero-order valence-electron chi connectivity index (χ0n) is 10.9. The van der Waals surface area contributed by atoms with Crippen LogP contribution in [0.1, 0.15) is 31.9 Å². The van der Waals surface area contributed by atoms with Crippen LogP contribution in [0.3, 0.4) is 0 Å². The molecule has 0 spiro atoms. The molecule has 0 aromatic heterocycles. The minimum atomic E-state index is -0.175. The van der Waals surface area contributed by atoms with E-state index in [1.54, 1.807) is 26.4 Å². The molecular weight excluding hydrogens is 218 g/mol. The lowest BCUT2D eigenvalue weighted by atomic mass is 9.92. The molecule has 1 rings (SSSR count). The minimum Gasteiger partial charge on any atom is -0.508 e. The number of rotatable bonds is 5. The van der Waals surface area contributed by atoms with Crippen molar-refractivity contribution in [2.45, 2.75) is 26.3 Å². The maximum absolute atomic E-state index is 9.56. The fourth-order valence-electron chi connectivity index (χ4n) is 1.79. The Labute approximate surface area is 102 Å². The Hall–Kier alpha value is -1.42. The second-order valence-electron chi connectivity index (χ2n) is 4.18. The molecule has 0 saturated carbocycles. The number of aromatic hydroxyl groups is 1. The predicted molar refractivity (Wildman–Crippen MR) is 67.6 cm³/mol. The van der Waals surface area contributed by atoms with Crippen molar-refractivity contribution >= 4 is 0 Å². The summed E-state index contributed by atoms with van der Waals surface area (Å²) in [6.07, 6.45) is 0.967. The van der Waals surface area contributed by atoms with Crippen LogP contribution >= 0.6 is 0 Å². The third-order valence-corrected chi connectivity index (χ3v) is 3.12. The number of phenolic OH excluding ortho intramolecular Hbond substituents is 1. The number of hydrogen-bond acceptors (Lipinski definition) is 4. The van der Waals surface area contributed by atoms with Gasteiger partial charge < -0.3 is 20.3 Å². The van der Waals surface area contributed by atoms with E-state index in [-0.39, 0.29) is 11.8 Å². The summed E-state index contributed by atoms with van der Waals surface area (Å²) in [7, 11) is 3.11. The van der Waals surface area contributed by atoms with Crippen LogP contribution in [-0.2, 0) is 0 Å². The van der Waals surface area contributed by atoms with Crippen LogP contribution in [0.5, 0.6) is 17.2 Å². The molecule has 17 heavy (non-hydrogen) atoms. The molecule has 2 atom stereocenters. The highest BCUT2D eigenvalue weighted by atomic mass is 16.5. The summed E-state index contributed by atoms with van der Waals surface area (Å²) >= 11 is 0. The molecule has 3 N–H and O–H groups in total. The molecule has 0 fully saturated rings. The summed E-state index contributed by atoms with van der Waals surface area (Å²) in [6.45, 7) is 4.17. The van der Waals surface area contributed by atoms with E-state index in [1.807, 2.05) is 0 Å². The lowest BCUT2D eigenvalue weighted by molar-refractivity contribution is 0.354. The van der Waals surface area contributed by atoms with Gasteiger partial charge in [-0.3, -0.25) is 0 Å². The van der Waals surface area contributed by atoms with Gasteiger partial charge in [0.1, 0.15) is 17.2 Å². The van der Waals surface area contributed by atoms with Gasteiger partial charge in [-0.05, 0) is 5.92 Å². The highest BCUT2D eigenvalue weighted by Gasteiger charge is 2.22. The van der Waals surface area contributed by atoms with Crippen LogP contribution in [0.15, 0.2) is 12.1 Å². The standard InChI is InChI=1S/C13H21NO3/c1-5-8(2)13(14)12-10(16-3)6-9(15)7-11(12)17-4/h6-8,13,15H,5,14H2,1-4H3/t8?,13-/m1/s1. The molecule has 0 aliphatic carbocycles. The van der Waals surface area contributed by atoms with Gasteiger partial charge >= 0.3 is 0 Å². The Balaban J connectivity index is 3.28. The molecule has 0 aliphatic heterocycles. The fourth-order valence-corrected chi connectivity index (χ4v) is 1.79. The normalized spacial score (nSPS) is 14.2. The van der Waals surface area contributed by atoms with Crippen LogP contribution in [0.2, 0.25) is 0 Å². The molecule has 0 heterocycles. The third-order valence-electron chi connectivity index (χ3n) is 3.12.